The van der Waals surface area contributed by atoms with E-state index in [0.29, 0.717) is 13.1 Å². The molecule has 1 aromatic rings. The quantitative estimate of drug-likeness (QED) is 0.891. The molecule has 1 heterocycles. The third-order valence-corrected chi connectivity index (χ3v) is 5.53. The Hall–Kier alpha value is -1.09. The molecular weight excluding hydrogens is 302 g/mol. The summed E-state index contributed by atoms with van der Waals surface area (Å²) in [5.41, 5.74) is 0.0275. The van der Waals surface area contributed by atoms with Crippen molar-refractivity contribution in [2.24, 2.45) is 0 Å². The average molecular weight is 320 g/mol. The number of benzene rings is 1. The molecule has 0 radical (unpaired) electrons. The van der Waals surface area contributed by atoms with Gasteiger partial charge in [-0.1, -0.05) is 6.92 Å². The molecule has 1 saturated heterocycles. The van der Waals surface area contributed by atoms with Crippen LogP contribution in [-0.4, -0.2) is 55.5 Å². The van der Waals surface area contributed by atoms with E-state index in [0.717, 1.165) is 23.0 Å². The van der Waals surface area contributed by atoms with Crippen molar-refractivity contribution in [2.45, 2.75) is 18.4 Å². The number of hydrogen-bond donors (Lipinski definition) is 1. The lowest BCUT2D eigenvalue weighted by atomic mass is 10.2. The highest BCUT2D eigenvalue weighted by Crippen LogP contribution is 2.24. The minimum absolute atomic E-state index is 0.0275. The Morgan fingerprint density at radius 3 is 2.33 bits per heavy atom. The fourth-order valence-electron chi connectivity index (χ4n) is 2.32. The van der Waals surface area contributed by atoms with Gasteiger partial charge in [-0.05, 0) is 24.2 Å². The first-order valence-corrected chi connectivity index (χ1v) is 8.15. The van der Waals surface area contributed by atoms with Gasteiger partial charge in [-0.3, -0.25) is 0 Å². The second-order valence-electron chi connectivity index (χ2n) is 4.89. The first kappa shape index (κ1) is 16.3. The van der Waals surface area contributed by atoms with Crippen LogP contribution in [0.25, 0.3) is 0 Å². The molecule has 1 aliphatic rings. The monoisotopic (exact) mass is 320 g/mol. The third-order valence-electron chi connectivity index (χ3n) is 3.63. The Morgan fingerprint density at radius 2 is 1.81 bits per heavy atom. The number of sulfonamides is 1. The first-order valence-electron chi connectivity index (χ1n) is 6.71. The SMILES string of the molecule is CCN1CCN(S(=O)(=O)c2cc(CO)cc(F)c2F)CC1. The summed E-state index contributed by atoms with van der Waals surface area (Å²) in [6.07, 6.45) is 0. The fraction of sp³-hybridized carbons (Fsp3) is 0.538. The van der Waals surface area contributed by atoms with Gasteiger partial charge in [0.1, 0.15) is 4.90 Å². The Morgan fingerprint density at radius 1 is 1.19 bits per heavy atom. The van der Waals surface area contributed by atoms with Gasteiger partial charge in [0.15, 0.2) is 11.6 Å². The molecule has 1 aliphatic heterocycles. The number of piperazine rings is 1. The molecular formula is C13H18F2N2O3S. The molecule has 2 rings (SSSR count). The van der Waals surface area contributed by atoms with Crippen LogP contribution < -0.4 is 0 Å². The highest BCUT2D eigenvalue weighted by Gasteiger charge is 2.31. The van der Waals surface area contributed by atoms with Crippen molar-refractivity contribution in [1.29, 1.82) is 0 Å². The van der Waals surface area contributed by atoms with E-state index in [1.165, 1.54) is 0 Å². The van der Waals surface area contributed by atoms with Crippen LogP contribution in [-0.2, 0) is 16.6 Å². The molecule has 0 saturated carbocycles. The van der Waals surface area contributed by atoms with Gasteiger partial charge in [-0.2, -0.15) is 4.31 Å². The smallest absolute Gasteiger partial charge is 0.246 e. The van der Waals surface area contributed by atoms with Crippen molar-refractivity contribution in [3.05, 3.63) is 29.3 Å². The minimum atomic E-state index is -4.10. The molecule has 0 atom stereocenters. The second-order valence-corrected chi connectivity index (χ2v) is 6.79. The number of likely N-dealkylation sites (N-methyl/N-ethyl adjacent to an activating group) is 1. The van der Waals surface area contributed by atoms with E-state index in [1.54, 1.807) is 0 Å². The summed E-state index contributed by atoms with van der Waals surface area (Å²) in [6, 6.07) is 1.78. The topological polar surface area (TPSA) is 60.9 Å². The van der Waals surface area contributed by atoms with Gasteiger partial charge >= 0.3 is 0 Å². The van der Waals surface area contributed by atoms with Crippen molar-refractivity contribution in [1.82, 2.24) is 9.21 Å². The van der Waals surface area contributed by atoms with Gasteiger partial charge in [0.05, 0.1) is 6.61 Å². The van der Waals surface area contributed by atoms with Crippen molar-refractivity contribution in [3.63, 3.8) is 0 Å². The highest BCUT2D eigenvalue weighted by molar-refractivity contribution is 7.89. The molecule has 0 amide bonds. The predicted octanol–water partition coefficient (Wildman–Crippen LogP) is 0.783. The predicted molar refractivity (Wildman–Crippen MR) is 73.2 cm³/mol. The summed E-state index contributed by atoms with van der Waals surface area (Å²) < 4.78 is 53.3. The number of aliphatic hydroxyl groups excluding tert-OH is 1. The molecule has 1 N–H and O–H groups in total. The normalized spacial score (nSPS) is 18.1. The maximum Gasteiger partial charge on any atom is 0.246 e. The van der Waals surface area contributed by atoms with Crippen LogP contribution in [0.4, 0.5) is 8.78 Å². The molecule has 1 fully saturated rings. The molecule has 118 valence electrons. The zero-order valence-corrected chi connectivity index (χ0v) is 12.5. The van der Waals surface area contributed by atoms with E-state index >= 15 is 0 Å². The Labute approximate surface area is 122 Å². The molecule has 0 unspecified atom stereocenters. The first-order chi connectivity index (χ1) is 9.90. The van der Waals surface area contributed by atoms with Crippen molar-refractivity contribution >= 4 is 10.0 Å². The lowest BCUT2D eigenvalue weighted by Crippen LogP contribution is -2.48. The largest absolute Gasteiger partial charge is 0.392 e. The zero-order chi connectivity index (χ0) is 15.6. The van der Waals surface area contributed by atoms with Crippen LogP contribution in [0.15, 0.2) is 17.0 Å². The summed E-state index contributed by atoms with van der Waals surface area (Å²) in [5, 5.41) is 9.02. The molecule has 21 heavy (non-hydrogen) atoms. The van der Waals surface area contributed by atoms with Crippen molar-refractivity contribution < 1.29 is 22.3 Å². The van der Waals surface area contributed by atoms with Gasteiger partial charge in [-0.15, -0.1) is 0 Å². The van der Waals surface area contributed by atoms with Crippen LogP contribution in [0.1, 0.15) is 12.5 Å². The summed E-state index contributed by atoms with van der Waals surface area (Å²) in [7, 11) is -4.10. The average Bonchev–Trinajstić information content (AvgIpc) is 2.49. The molecule has 5 nitrogen and oxygen atoms in total. The van der Waals surface area contributed by atoms with Gasteiger partial charge in [-0.25, -0.2) is 17.2 Å². The lowest BCUT2D eigenvalue weighted by Gasteiger charge is -2.33. The number of aliphatic hydroxyl groups is 1. The van der Waals surface area contributed by atoms with E-state index in [-0.39, 0.29) is 18.7 Å². The molecule has 0 aliphatic carbocycles. The van der Waals surface area contributed by atoms with Gasteiger partial charge in [0, 0.05) is 26.2 Å². The van der Waals surface area contributed by atoms with Crippen molar-refractivity contribution in [2.75, 3.05) is 32.7 Å². The van der Waals surface area contributed by atoms with E-state index in [9.17, 15) is 17.2 Å². The molecule has 0 aromatic heterocycles. The van der Waals surface area contributed by atoms with Gasteiger partial charge in [0.2, 0.25) is 10.0 Å². The number of rotatable bonds is 4. The van der Waals surface area contributed by atoms with E-state index in [2.05, 4.69) is 4.90 Å². The van der Waals surface area contributed by atoms with Gasteiger partial charge in [0.25, 0.3) is 0 Å². The minimum Gasteiger partial charge on any atom is -0.392 e. The summed E-state index contributed by atoms with van der Waals surface area (Å²) >= 11 is 0. The van der Waals surface area contributed by atoms with Crippen LogP contribution in [0.2, 0.25) is 0 Å². The van der Waals surface area contributed by atoms with E-state index in [1.807, 2.05) is 6.92 Å². The molecule has 8 heteroatoms. The lowest BCUT2D eigenvalue weighted by molar-refractivity contribution is 0.196. The van der Waals surface area contributed by atoms with Crippen LogP contribution in [0, 0.1) is 11.6 Å². The summed E-state index contributed by atoms with van der Waals surface area (Å²) in [4.78, 5) is 1.36. The summed E-state index contributed by atoms with van der Waals surface area (Å²) in [6.45, 7) is 3.82. The fourth-order valence-corrected chi connectivity index (χ4v) is 3.87. The van der Waals surface area contributed by atoms with Crippen LogP contribution in [0.3, 0.4) is 0 Å². The number of halogens is 2. The molecule has 1 aromatic carbocycles. The van der Waals surface area contributed by atoms with E-state index in [4.69, 9.17) is 5.11 Å². The highest BCUT2D eigenvalue weighted by atomic mass is 32.2. The van der Waals surface area contributed by atoms with Crippen LogP contribution >= 0.6 is 0 Å². The zero-order valence-electron chi connectivity index (χ0n) is 11.7. The summed E-state index contributed by atoms with van der Waals surface area (Å²) in [5.74, 6) is -2.67. The third kappa shape index (κ3) is 3.23. The number of nitrogens with zero attached hydrogens (tertiary/aromatic N) is 2. The molecule has 0 bridgehead atoms. The van der Waals surface area contributed by atoms with Gasteiger partial charge < -0.3 is 10.0 Å². The standard InChI is InChI=1S/C13H18F2N2O3S/c1-2-16-3-5-17(6-4-16)21(19,20)12-8-10(9-18)7-11(14)13(12)15/h7-8,18H,2-6,9H2,1H3. The van der Waals surface area contributed by atoms with Crippen LogP contribution in [0.5, 0.6) is 0 Å². The maximum absolute atomic E-state index is 13.8. The second kappa shape index (κ2) is 6.35. The maximum atomic E-state index is 13.8. The Kier molecular flexibility index (Phi) is 4.92. The Bertz CT molecular complexity index is 614. The van der Waals surface area contributed by atoms with E-state index < -0.39 is 33.2 Å². The van der Waals surface area contributed by atoms with Crippen molar-refractivity contribution in [3.8, 4) is 0 Å². The Balaban J connectivity index is 2.34. The molecule has 0 spiro atoms. The number of hydrogen-bond acceptors (Lipinski definition) is 4.